The van der Waals surface area contributed by atoms with E-state index in [-0.39, 0.29) is 10.6 Å². The highest BCUT2D eigenvalue weighted by Crippen LogP contribution is 2.48. The topological polar surface area (TPSA) is 101 Å². The van der Waals surface area contributed by atoms with Crippen LogP contribution in [-0.2, 0) is 0 Å². The number of aliphatic imine (C=N–C) groups is 2. The van der Waals surface area contributed by atoms with Crippen LogP contribution < -0.4 is 10.2 Å². The Kier molecular flexibility index (Phi) is 6.09. The van der Waals surface area contributed by atoms with Gasteiger partial charge < -0.3 is 10.2 Å². The number of aromatic nitrogens is 2. The van der Waals surface area contributed by atoms with Crippen molar-refractivity contribution in [3.63, 3.8) is 0 Å². The van der Waals surface area contributed by atoms with Gasteiger partial charge in [-0.1, -0.05) is 60.1 Å². The molecule has 0 radical (unpaired) electrons. The number of fused-ring (bicyclic) bond motifs is 4. The van der Waals surface area contributed by atoms with Gasteiger partial charge in [-0.25, -0.2) is 14.7 Å². The van der Waals surface area contributed by atoms with Crippen molar-refractivity contribution in [3.8, 4) is 5.69 Å². The zero-order valence-corrected chi connectivity index (χ0v) is 23.4. The Morgan fingerprint density at radius 2 is 1.69 bits per heavy atom. The standard InChI is InChI=1S/C32H24ClN7O2/c1-19-15-16-22(18-25(19)33)34-30-32-36-31-28(20(2)37-39(31)23-10-4-3-5-11-23)29(21-9-8-12-24(17-21)40(41)42)38(32)27-14-7-6-13-26(27)35-30/h3-18,29H,1-2H3,(H,34,35)/t29-/m1/s1. The maximum Gasteiger partial charge on any atom is 0.269 e. The number of para-hydroxylation sites is 3. The number of rotatable bonds is 4. The van der Waals surface area contributed by atoms with Gasteiger partial charge in [0.15, 0.2) is 17.5 Å². The van der Waals surface area contributed by atoms with E-state index in [1.807, 2.05) is 97.4 Å². The van der Waals surface area contributed by atoms with Crippen LogP contribution in [0.4, 0.5) is 28.6 Å². The highest BCUT2D eigenvalue weighted by atomic mass is 35.5. The van der Waals surface area contributed by atoms with E-state index in [0.717, 1.165) is 45.1 Å². The van der Waals surface area contributed by atoms with Crippen LogP contribution in [0.25, 0.3) is 5.69 Å². The molecule has 0 spiro atoms. The van der Waals surface area contributed by atoms with Gasteiger partial charge in [0.2, 0.25) is 0 Å². The Bertz CT molecular complexity index is 1950. The fraction of sp³-hybridized carbons (Fsp3) is 0.0938. The van der Waals surface area contributed by atoms with E-state index >= 15 is 0 Å². The van der Waals surface area contributed by atoms with E-state index in [1.165, 1.54) is 6.07 Å². The summed E-state index contributed by atoms with van der Waals surface area (Å²) in [5.41, 5.74) is 6.53. The summed E-state index contributed by atoms with van der Waals surface area (Å²) in [7, 11) is 0. The molecule has 42 heavy (non-hydrogen) atoms. The summed E-state index contributed by atoms with van der Waals surface area (Å²) in [6.07, 6.45) is 0. The maximum absolute atomic E-state index is 11.8. The normalized spacial score (nSPS) is 15.2. The van der Waals surface area contributed by atoms with Crippen LogP contribution in [0.15, 0.2) is 107 Å². The van der Waals surface area contributed by atoms with Gasteiger partial charge in [0.1, 0.15) is 0 Å². The Morgan fingerprint density at radius 1 is 0.905 bits per heavy atom. The molecule has 0 aliphatic carbocycles. The number of halogens is 1. The number of benzene rings is 4. The number of anilines is 2. The molecule has 0 bridgehead atoms. The molecule has 2 aliphatic rings. The first kappa shape index (κ1) is 25.7. The van der Waals surface area contributed by atoms with Crippen LogP contribution >= 0.6 is 11.6 Å². The SMILES string of the molecule is Cc1ccc(NC2=Nc3ccccc3N3C2=Nc2c(c(C)nn2-c2ccccc2)[C@H]3c2cccc([N+](=O)[O-])c2)cc1Cl. The van der Waals surface area contributed by atoms with E-state index in [1.54, 1.807) is 12.1 Å². The Hall–Kier alpha value is -5.28. The van der Waals surface area contributed by atoms with Crippen molar-refractivity contribution in [3.05, 3.63) is 135 Å². The van der Waals surface area contributed by atoms with Gasteiger partial charge in [0.25, 0.3) is 5.69 Å². The number of hydrogen-bond donors (Lipinski definition) is 1. The first-order chi connectivity index (χ1) is 20.4. The number of non-ortho nitro benzene ring substituents is 1. The first-order valence-electron chi connectivity index (χ1n) is 13.4. The summed E-state index contributed by atoms with van der Waals surface area (Å²) in [4.78, 5) is 23.7. The third kappa shape index (κ3) is 4.22. The minimum Gasteiger partial charge on any atom is -0.337 e. The number of aryl methyl sites for hydroxylation is 2. The molecule has 7 rings (SSSR count). The molecule has 1 N–H and O–H groups in total. The zero-order valence-electron chi connectivity index (χ0n) is 22.7. The van der Waals surface area contributed by atoms with Crippen molar-refractivity contribution in [1.29, 1.82) is 0 Å². The van der Waals surface area contributed by atoms with E-state index < -0.39 is 6.04 Å². The average Bonchev–Trinajstić information content (AvgIpc) is 3.34. The molecular formula is C32H24ClN7O2. The fourth-order valence-electron chi connectivity index (χ4n) is 5.48. The van der Waals surface area contributed by atoms with Crippen molar-refractivity contribution < 1.29 is 4.92 Å². The van der Waals surface area contributed by atoms with Crippen molar-refractivity contribution in [2.75, 3.05) is 10.2 Å². The maximum atomic E-state index is 11.8. The molecule has 1 atom stereocenters. The third-order valence-electron chi connectivity index (χ3n) is 7.47. The lowest BCUT2D eigenvalue weighted by atomic mass is 9.93. The lowest BCUT2D eigenvalue weighted by molar-refractivity contribution is -0.384. The van der Waals surface area contributed by atoms with Gasteiger partial charge in [0, 0.05) is 28.4 Å². The third-order valence-corrected chi connectivity index (χ3v) is 7.88. The molecule has 3 heterocycles. The van der Waals surface area contributed by atoms with Crippen LogP contribution in [0.2, 0.25) is 5.02 Å². The van der Waals surface area contributed by atoms with Gasteiger partial charge in [-0.3, -0.25) is 10.1 Å². The molecule has 0 fully saturated rings. The predicted molar refractivity (Wildman–Crippen MR) is 166 cm³/mol. The number of amidine groups is 2. The van der Waals surface area contributed by atoms with Crippen LogP contribution in [0.3, 0.4) is 0 Å². The van der Waals surface area contributed by atoms with Gasteiger partial charge in [0.05, 0.1) is 33.7 Å². The molecule has 5 aromatic rings. The minimum atomic E-state index is -0.472. The number of nitro groups is 1. The van der Waals surface area contributed by atoms with Crippen molar-refractivity contribution in [1.82, 2.24) is 9.78 Å². The van der Waals surface area contributed by atoms with E-state index in [0.29, 0.717) is 22.5 Å². The monoisotopic (exact) mass is 573 g/mol. The van der Waals surface area contributed by atoms with Crippen LogP contribution in [0.1, 0.15) is 28.4 Å². The minimum absolute atomic E-state index is 0.0119. The molecule has 0 saturated heterocycles. The highest BCUT2D eigenvalue weighted by Gasteiger charge is 2.41. The molecule has 2 aliphatic heterocycles. The molecule has 1 aromatic heterocycles. The largest absolute Gasteiger partial charge is 0.337 e. The first-order valence-corrected chi connectivity index (χ1v) is 13.8. The second-order valence-corrected chi connectivity index (χ2v) is 10.6. The smallest absolute Gasteiger partial charge is 0.269 e. The summed E-state index contributed by atoms with van der Waals surface area (Å²) >= 11 is 6.46. The summed E-state index contributed by atoms with van der Waals surface area (Å²) in [5.74, 6) is 1.72. The molecule has 10 heteroatoms. The zero-order chi connectivity index (χ0) is 29.0. The average molecular weight is 574 g/mol. The molecule has 0 unspecified atom stereocenters. The lowest BCUT2D eigenvalue weighted by Crippen LogP contribution is -2.46. The molecule has 4 aromatic carbocycles. The highest BCUT2D eigenvalue weighted by molar-refractivity contribution is 6.51. The molecule has 206 valence electrons. The Morgan fingerprint density at radius 3 is 2.48 bits per heavy atom. The molecule has 0 amide bonds. The Balaban J connectivity index is 1.50. The molecule has 0 saturated carbocycles. The van der Waals surface area contributed by atoms with Crippen molar-refractivity contribution in [2.45, 2.75) is 19.9 Å². The van der Waals surface area contributed by atoms with Crippen molar-refractivity contribution >= 4 is 51.8 Å². The summed E-state index contributed by atoms with van der Waals surface area (Å²) < 4.78 is 1.82. The van der Waals surface area contributed by atoms with Crippen LogP contribution in [-0.4, -0.2) is 26.4 Å². The van der Waals surface area contributed by atoms with E-state index in [9.17, 15) is 10.1 Å². The lowest BCUT2D eigenvalue weighted by Gasteiger charge is -2.40. The fourth-order valence-corrected chi connectivity index (χ4v) is 5.66. The van der Waals surface area contributed by atoms with Gasteiger partial charge in [-0.15, -0.1) is 0 Å². The molecule has 9 nitrogen and oxygen atoms in total. The number of hydrogen-bond acceptors (Lipinski definition) is 7. The molecular weight excluding hydrogens is 550 g/mol. The van der Waals surface area contributed by atoms with Crippen LogP contribution in [0, 0.1) is 24.0 Å². The summed E-state index contributed by atoms with van der Waals surface area (Å²) in [6, 6.07) is 29.6. The van der Waals surface area contributed by atoms with Gasteiger partial charge in [-0.05, 0) is 61.4 Å². The quantitative estimate of drug-likeness (QED) is 0.174. The van der Waals surface area contributed by atoms with Crippen molar-refractivity contribution in [2.24, 2.45) is 9.98 Å². The second-order valence-electron chi connectivity index (χ2n) is 10.2. The van der Waals surface area contributed by atoms with Gasteiger partial charge >= 0.3 is 0 Å². The number of nitrogens with one attached hydrogen (secondary N) is 1. The Labute approximate surface area is 246 Å². The van der Waals surface area contributed by atoms with E-state index in [2.05, 4.69) is 10.2 Å². The van der Waals surface area contributed by atoms with E-state index in [4.69, 9.17) is 26.7 Å². The predicted octanol–water partition coefficient (Wildman–Crippen LogP) is 7.85. The second kappa shape index (κ2) is 9.97. The number of nitrogens with zero attached hydrogens (tertiary/aromatic N) is 6. The van der Waals surface area contributed by atoms with Crippen LogP contribution in [0.5, 0.6) is 0 Å². The summed E-state index contributed by atoms with van der Waals surface area (Å²) in [5, 5.41) is 20.8. The number of nitro benzene ring substituents is 1. The summed E-state index contributed by atoms with van der Waals surface area (Å²) in [6.45, 7) is 3.90. The van der Waals surface area contributed by atoms with Gasteiger partial charge in [-0.2, -0.15) is 5.10 Å².